The summed E-state index contributed by atoms with van der Waals surface area (Å²) < 4.78 is 1.20. The van der Waals surface area contributed by atoms with Crippen molar-refractivity contribution in [2.24, 2.45) is 17.6 Å². The van der Waals surface area contributed by atoms with Crippen molar-refractivity contribution in [3.63, 3.8) is 0 Å². The highest BCUT2D eigenvalue weighted by atomic mass is 79.9. The van der Waals surface area contributed by atoms with Crippen LogP contribution in [0.15, 0.2) is 15.9 Å². The van der Waals surface area contributed by atoms with Gasteiger partial charge in [0.25, 0.3) is 0 Å². The van der Waals surface area contributed by atoms with Gasteiger partial charge in [0.05, 0.1) is 9.83 Å². The van der Waals surface area contributed by atoms with Gasteiger partial charge in [-0.1, -0.05) is 13.8 Å². The zero-order valence-corrected chi connectivity index (χ0v) is 12.9. The number of nitrogens with two attached hydrogens (primary N) is 1. The SMILES string of the molecule is CC(C)C1CCN(C(CN)c2ccc(Br)s2)C1. The molecule has 1 aromatic heterocycles. The molecule has 0 aliphatic carbocycles. The van der Waals surface area contributed by atoms with Crippen molar-refractivity contribution in [2.45, 2.75) is 26.3 Å². The summed E-state index contributed by atoms with van der Waals surface area (Å²) in [4.78, 5) is 3.95. The van der Waals surface area contributed by atoms with Crippen LogP contribution in [0.2, 0.25) is 0 Å². The summed E-state index contributed by atoms with van der Waals surface area (Å²) >= 11 is 5.34. The van der Waals surface area contributed by atoms with Crippen molar-refractivity contribution in [1.29, 1.82) is 0 Å². The van der Waals surface area contributed by atoms with Crippen LogP contribution in [0.25, 0.3) is 0 Å². The summed E-state index contributed by atoms with van der Waals surface area (Å²) in [6.07, 6.45) is 1.32. The normalized spacial score (nSPS) is 23.5. The Balaban J connectivity index is 2.05. The van der Waals surface area contributed by atoms with E-state index in [1.54, 1.807) is 0 Å². The molecule has 2 atom stereocenters. The summed E-state index contributed by atoms with van der Waals surface area (Å²) in [7, 11) is 0. The lowest BCUT2D eigenvalue weighted by Crippen LogP contribution is -2.32. The van der Waals surface area contributed by atoms with E-state index in [1.165, 1.54) is 28.2 Å². The molecule has 2 heterocycles. The van der Waals surface area contributed by atoms with Crippen LogP contribution >= 0.6 is 27.3 Å². The molecule has 96 valence electrons. The van der Waals surface area contributed by atoms with E-state index in [0.29, 0.717) is 6.04 Å². The first kappa shape index (κ1) is 13.5. The topological polar surface area (TPSA) is 29.3 Å². The van der Waals surface area contributed by atoms with Gasteiger partial charge in [0.2, 0.25) is 0 Å². The van der Waals surface area contributed by atoms with Gasteiger partial charge < -0.3 is 5.73 Å². The Morgan fingerprint density at radius 1 is 1.53 bits per heavy atom. The molecular formula is C13H21BrN2S. The molecule has 0 saturated carbocycles. The summed E-state index contributed by atoms with van der Waals surface area (Å²) in [5, 5.41) is 0. The number of thiophene rings is 1. The maximum absolute atomic E-state index is 5.97. The molecule has 2 N–H and O–H groups in total. The monoisotopic (exact) mass is 316 g/mol. The first-order valence-electron chi connectivity index (χ1n) is 6.31. The van der Waals surface area contributed by atoms with Crippen LogP contribution in [0.3, 0.4) is 0 Å². The van der Waals surface area contributed by atoms with Crippen molar-refractivity contribution >= 4 is 27.3 Å². The third kappa shape index (κ3) is 3.11. The van der Waals surface area contributed by atoms with Crippen molar-refractivity contribution in [1.82, 2.24) is 4.90 Å². The van der Waals surface area contributed by atoms with Gasteiger partial charge in [-0.2, -0.15) is 0 Å². The minimum Gasteiger partial charge on any atom is -0.329 e. The standard InChI is InChI=1S/C13H21BrN2S/c1-9(2)10-5-6-16(8-10)11(7-15)12-3-4-13(14)17-12/h3-4,9-11H,5-8,15H2,1-2H3. The second-order valence-corrected chi connectivity index (χ2v) is 7.68. The smallest absolute Gasteiger partial charge is 0.0702 e. The van der Waals surface area contributed by atoms with Crippen LogP contribution in [0, 0.1) is 11.8 Å². The summed E-state index contributed by atoms with van der Waals surface area (Å²) in [5.41, 5.74) is 5.97. The molecule has 1 saturated heterocycles. The minimum absolute atomic E-state index is 0.412. The molecule has 0 bridgehead atoms. The second-order valence-electron chi connectivity index (χ2n) is 5.18. The first-order valence-corrected chi connectivity index (χ1v) is 7.92. The maximum atomic E-state index is 5.97. The lowest BCUT2D eigenvalue weighted by molar-refractivity contribution is 0.235. The fraction of sp³-hybridized carbons (Fsp3) is 0.692. The van der Waals surface area contributed by atoms with Crippen LogP contribution in [0.1, 0.15) is 31.2 Å². The maximum Gasteiger partial charge on any atom is 0.0702 e. The number of halogens is 1. The molecule has 2 nitrogen and oxygen atoms in total. The summed E-state index contributed by atoms with van der Waals surface area (Å²) in [6.45, 7) is 7.77. The highest BCUT2D eigenvalue weighted by molar-refractivity contribution is 9.11. The molecule has 1 aliphatic heterocycles. The second kappa shape index (κ2) is 5.83. The van der Waals surface area contributed by atoms with E-state index < -0.39 is 0 Å². The molecule has 1 aliphatic rings. The van der Waals surface area contributed by atoms with Gasteiger partial charge >= 0.3 is 0 Å². The molecular weight excluding hydrogens is 296 g/mol. The molecule has 2 unspecified atom stereocenters. The van der Waals surface area contributed by atoms with Gasteiger partial charge in [-0.3, -0.25) is 4.90 Å². The number of hydrogen-bond acceptors (Lipinski definition) is 3. The van der Waals surface area contributed by atoms with E-state index in [-0.39, 0.29) is 0 Å². The zero-order valence-electron chi connectivity index (χ0n) is 10.5. The molecule has 1 aromatic rings. The minimum atomic E-state index is 0.412. The Morgan fingerprint density at radius 3 is 2.76 bits per heavy atom. The molecule has 17 heavy (non-hydrogen) atoms. The largest absolute Gasteiger partial charge is 0.329 e. The highest BCUT2D eigenvalue weighted by Gasteiger charge is 2.30. The Morgan fingerprint density at radius 2 is 2.29 bits per heavy atom. The van der Waals surface area contributed by atoms with Gasteiger partial charge in [0.1, 0.15) is 0 Å². The van der Waals surface area contributed by atoms with E-state index in [0.717, 1.165) is 18.4 Å². The zero-order chi connectivity index (χ0) is 12.4. The van der Waals surface area contributed by atoms with Crippen molar-refractivity contribution in [3.05, 3.63) is 20.8 Å². The molecule has 0 aromatic carbocycles. The van der Waals surface area contributed by atoms with Crippen molar-refractivity contribution in [3.8, 4) is 0 Å². The van der Waals surface area contributed by atoms with Crippen LogP contribution in [0.4, 0.5) is 0 Å². The molecule has 0 amide bonds. The third-order valence-electron chi connectivity index (χ3n) is 3.79. The van der Waals surface area contributed by atoms with Gasteiger partial charge in [0.15, 0.2) is 0 Å². The fourth-order valence-electron chi connectivity index (χ4n) is 2.60. The van der Waals surface area contributed by atoms with Gasteiger partial charge in [-0.15, -0.1) is 11.3 Å². The lowest BCUT2D eigenvalue weighted by atomic mass is 9.95. The van der Waals surface area contributed by atoms with Crippen LogP contribution in [-0.2, 0) is 0 Å². The predicted octanol–water partition coefficient (Wildman–Crippen LogP) is 3.49. The number of nitrogens with zero attached hydrogens (tertiary/aromatic N) is 1. The van der Waals surface area contributed by atoms with E-state index >= 15 is 0 Å². The third-order valence-corrected chi connectivity index (χ3v) is 5.51. The van der Waals surface area contributed by atoms with Crippen LogP contribution < -0.4 is 5.73 Å². The molecule has 2 rings (SSSR count). The molecule has 4 heteroatoms. The van der Waals surface area contributed by atoms with E-state index in [2.05, 4.69) is 46.8 Å². The van der Waals surface area contributed by atoms with Gasteiger partial charge in [0, 0.05) is 18.0 Å². The number of rotatable bonds is 4. The summed E-state index contributed by atoms with van der Waals surface area (Å²) in [6, 6.07) is 4.74. The summed E-state index contributed by atoms with van der Waals surface area (Å²) in [5.74, 6) is 1.63. The van der Waals surface area contributed by atoms with Crippen LogP contribution in [0.5, 0.6) is 0 Å². The predicted molar refractivity (Wildman–Crippen MR) is 78.3 cm³/mol. The van der Waals surface area contributed by atoms with E-state index in [1.807, 2.05) is 11.3 Å². The molecule has 0 spiro atoms. The number of hydrogen-bond donors (Lipinski definition) is 1. The molecule has 0 radical (unpaired) electrons. The highest BCUT2D eigenvalue weighted by Crippen LogP contribution is 2.34. The van der Waals surface area contributed by atoms with Crippen LogP contribution in [-0.4, -0.2) is 24.5 Å². The van der Waals surface area contributed by atoms with Crippen molar-refractivity contribution < 1.29 is 0 Å². The van der Waals surface area contributed by atoms with Crippen molar-refractivity contribution in [2.75, 3.05) is 19.6 Å². The van der Waals surface area contributed by atoms with Gasteiger partial charge in [-0.25, -0.2) is 0 Å². The lowest BCUT2D eigenvalue weighted by Gasteiger charge is -2.26. The fourth-order valence-corrected chi connectivity index (χ4v) is 4.17. The first-order chi connectivity index (χ1) is 8.11. The Kier molecular flexibility index (Phi) is 4.64. The Hall–Kier alpha value is 0.1000. The molecule has 1 fully saturated rings. The van der Waals surface area contributed by atoms with E-state index in [9.17, 15) is 0 Å². The number of likely N-dealkylation sites (tertiary alicyclic amines) is 1. The Labute approximate surface area is 116 Å². The van der Waals surface area contributed by atoms with Gasteiger partial charge in [-0.05, 0) is 52.9 Å². The quantitative estimate of drug-likeness (QED) is 0.921. The Bertz CT molecular complexity index is 364. The average molecular weight is 317 g/mol. The average Bonchev–Trinajstić information content (AvgIpc) is 2.89. The van der Waals surface area contributed by atoms with E-state index in [4.69, 9.17) is 5.73 Å².